The van der Waals surface area contributed by atoms with Crippen molar-refractivity contribution in [1.29, 1.82) is 5.41 Å². The summed E-state index contributed by atoms with van der Waals surface area (Å²) >= 11 is 0. The van der Waals surface area contributed by atoms with Gasteiger partial charge >= 0.3 is 18.2 Å². The van der Waals surface area contributed by atoms with E-state index in [1.807, 2.05) is 6.07 Å². The zero-order valence-corrected chi connectivity index (χ0v) is 27.3. The van der Waals surface area contributed by atoms with Gasteiger partial charge in [0.1, 0.15) is 11.2 Å². The van der Waals surface area contributed by atoms with Gasteiger partial charge in [-0.05, 0) is 65.3 Å². The van der Waals surface area contributed by atoms with Crippen LogP contribution in [0.1, 0.15) is 57.5 Å². The molecule has 1 aromatic rings. The number of alkyl carbamates (subject to hydrolysis) is 1. The molecule has 0 bridgehead atoms. The monoisotopic (exact) mass is 565 g/mol. The lowest BCUT2D eigenvalue weighted by Gasteiger charge is -2.30. The van der Waals surface area contributed by atoms with E-state index in [4.69, 9.17) is 19.6 Å². The minimum Gasteiger partial charge on any atom is -0.462 e. The maximum atomic E-state index is 13.1. The number of guanidine groups is 1. The Morgan fingerprint density at radius 2 is 1.47 bits per heavy atom. The second kappa shape index (κ2) is 12.5. The molecule has 0 aliphatic heterocycles. The Kier molecular flexibility index (Phi) is 10.9. The summed E-state index contributed by atoms with van der Waals surface area (Å²) < 4.78 is 16.3. The van der Waals surface area contributed by atoms with Crippen LogP contribution in [0, 0.1) is 5.41 Å². The van der Waals surface area contributed by atoms with Gasteiger partial charge in [0.15, 0.2) is 0 Å². The third kappa shape index (κ3) is 12.3. The van der Waals surface area contributed by atoms with Crippen molar-refractivity contribution in [3.05, 3.63) is 29.3 Å². The zero-order valence-electron chi connectivity index (χ0n) is 25.3. The van der Waals surface area contributed by atoms with Crippen molar-refractivity contribution in [2.45, 2.75) is 105 Å². The zero-order chi connectivity index (χ0) is 29.7. The number of rotatable bonds is 7. The fourth-order valence-electron chi connectivity index (χ4n) is 3.26. The lowest BCUT2D eigenvalue weighted by Crippen LogP contribution is -2.50. The molecule has 0 atom stereocenters. The highest BCUT2D eigenvalue weighted by atomic mass is 28.3. The summed E-state index contributed by atoms with van der Waals surface area (Å²) in [6.45, 7) is 23.7. The van der Waals surface area contributed by atoms with Crippen LogP contribution in [0.5, 0.6) is 0 Å². The number of hydrogen-bond acceptors (Lipinski definition) is 7. The van der Waals surface area contributed by atoms with Gasteiger partial charge in [0.2, 0.25) is 5.96 Å². The number of nitrogens with one attached hydrogen (secondary N) is 2. The van der Waals surface area contributed by atoms with E-state index >= 15 is 0 Å². The summed E-state index contributed by atoms with van der Waals surface area (Å²) in [7, 11) is -3.36. The molecule has 2 amide bonds. The van der Waals surface area contributed by atoms with Gasteiger partial charge in [0.05, 0.1) is 26.8 Å². The number of nitrogens with zero attached hydrogens (tertiary/aromatic N) is 1. The molecule has 38 heavy (non-hydrogen) atoms. The van der Waals surface area contributed by atoms with Crippen molar-refractivity contribution in [2.24, 2.45) is 0 Å². The summed E-state index contributed by atoms with van der Waals surface area (Å²) in [6, 6.07) is 6.17. The van der Waals surface area contributed by atoms with Crippen LogP contribution >= 0.6 is 0 Å². The smallest absolute Gasteiger partial charge is 0.417 e. The van der Waals surface area contributed by atoms with Crippen molar-refractivity contribution < 1.29 is 28.6 Å². The second-order valence-electron chi connectivity index (χ2n) is 13.6. The number of hydrogen-bond donors (Lipinski definition) is 2. The fraction of sp³-hybridized carbons (Fsp3) is 0.630. The molecule has 0 unspecified atom stereocenters. The van der Waals surface area contributed by atoms with Crippen molar-refractivity contribution in [1.82, 2.24) is 10.2 Å². The third-order valence-electron chi connectivity index (χ3n) is 5.07. The van der Waals surface area contributed by atoms with E-state index in [0.717, 1.165) is 21.7 Å². The number of carbonyl (C=O) groups excluding carboxylic acids is 3. The largest absolute Gasteiger partial charge is 0.462 e. The highest BCUT2D eigenvalue weighted by Crippen LogP contribution is 2.17. The Bertz CT molecular complexity index is 1030. The molecule has 0 spiro atoms. The van der Waals surface area contributed by atoms with E-state index in [9.17, 15) is 14.4 Å². The summed E-state index contributed by atoms with van der Waals surface area (Å²) in [6.07, 6.45) is -1.63. The first-order valence-corrected chi connectivity index (χ1v) is 20.1. The molecule has 0 heterocycles. The van der Waals surface area contributed by atoms with E-state index in [1.54, 1.807) is 53.7 Å². The predicted molar refractivity (Wildman–Crippen MR) is 157 cm³/mol. The maximum absolute atomic E-state index is 13.1. The molecule has 0 saturated heterocycles. The lowest BCUT2D eigenvalue weighted by molar-refractivity contribution is 0.0345. The number of esters is 1. The van der Waals surface area contributed by atoms with Crippen LogP contribution in [-0.2, 0) is 20.8 Å². The van der Waals surface area contributed by atoms with Crippen LogP contribution in [-0.4, -0.2) is 63.0 Å². The highest BCUT2D eigenvalue weighted by molar-refractivity contribution is 6.89. The molecular formula is C27H47N3O6Si2. The van der Waals surface area contributed by atoms with Crippen molar-refractivity contribution in [3.63, 3.8) is 0 Å². The molecule has 214 valence electrons. The lowest BCUT2D eigenvalue weighted by atomic mass is 10.1. The Hall–Kier alpha value is -2.67. The van der Waals surface area contributed by atoms with Gasteiger partial charge in [-0.1, -0.05) is 50.5 Å². The SMILES string of the molecule is CC(C)(C)OC(=O)NC(=N)N(Cc1ccc(C(=O)OCC[Si](C)(C)C)cc1[Si](C)(C)C)C(=O)OC(C)(C)C. The molecule has 9 nitrogen and oxygen atoms in total. The molecule has 1 aromatic carbocycles. The number of amides is 2. The summed E-state index contributed by atoms with van der Waals surface area (Å²) in [4.78, 5) is 39.3. The first-order chi connectivity index (χ1) is 17.0. The van der Waals surface area contributed by atoms with Gasteiger partial charge in [0, 0.05) is 8.07 Å². The van der Waals surface area contributed by atoms with Gasteiger partial charge in [-0.2, -0.15) is 0 Å². The van der Waals surface area contributed by atoms with Crippen molar-refractivity contribution in [2.75, 3.05) is 6.61 Å². The average Bonchev–Trinajstić information content (AvgIpc) is 2.67. The normalized spacial score (nSPS) is 12.4. The Morgan fingerprint density at radius 1 is 0.921 bits per heavy atom. The van der Waals surface area contributed by atoms with E-state index in [-0.39, 0.29) is 12.5 Å². The quantitative estimate of drug-likeness (QED) is 0.139. The minimum atomic E-state index is -2.03. The van der Waals surface area contributed by atoms with Crippen LogP contribution < -0.4 is 10.5 Å². The Balaban J connectivity index is 3.33. The molecule has 0 aliphatic rings. The number of benzene rings is 1. The molecule has 0 aromatic heterocycles. The summed E-state index contributed by atoms with van der Waals surface area (Å²) in [5, 5.41) is 11.8. The summed E-state index contributed by atoms with van der Waals surface area (Å²) in [5.41, 5.74) is -0.380. The Morgan fingerprint density at radius 3 is 1.95 bits per heavy atom. The van der Waals surface area contributed by atoms with E-state index in [2.05, 4.69) is 44.6 Å². The average molecular weight is 566 g/mol. The molecular weight excluding hydrogens is 518 g/mol. The van der Waals surface area contributed by atoms with Crippen LogP contribution in [0.25, 0.3) is 0 Å². The highest BCUT2D eigenvalue weighted by Gasteiger charge is 2.30. The standard InChI is InChI=1S/C27H47N3O6Si2/c1-26(2,3)35-24(32)29-23(28)30(25(33)36-27(4,5)6)18-20-14-13-19(17-21(20)38(10,11)12)22(31)34-15-16-37(7,8)9/h13-14,17H,15-16,18H2,1-12H3,(H2,28,29,32). The number of carbonyl (C=O) groups is 3. The van der Waals surface area contributed by atoms with Crippen LogP contribution in [0.3, 0.4) is 0 Å². The summed E-state index contributed by atoms with van der Waals surface area (Å²) in [5.74, 6) is -0.845. The van der Waals surface area contributed by atoms with Gasteiger partial charge in [0.25, 0.3) is 0 Å². The van der Waals surface area contributed by atoms with Crippen LogP contribution in [0.4, 0.5) is 9.59 Å². The topological polar surface area (TPSA) is 118 Å². The van der Waals surface area contributed by atoms with Crippen LogP contribution in [0.15, 0.2) is 18.2 Å². The van der Waals surface area contributed by atoms with Gasteiger partial charge in [-0.15, -0.1) is 0 Å². The first kappa shape index (κ1) is 33.4. The molecule has 0 fully saturated rings. The Labute approximate surface area is 230 Å². The van der Waals surface area contributed by atoms with Gasteiger partial charge in [-0.3, -0.25) is 10.7 Å². The first-order valence-electron chi connectivity index (χ1n) is 12.9. The maximum Gasteiger partial charge on any atom is 0.417 e. The molecule has 1 rings (SSSR count). The number of ether oxygens (including phenoxy) is 3. The van der Waals surface area contributed by atoms with Gasteiger partial charge < -0.3 is 14.2 Å². The molecule has 2 N–H and O–H groups in total. The van der Waals surface area contributed by atoms with Gasteiger partial charge in [-0.25, -0.2) is 19.3 Å². The fourth-order valence-corrected chi connectivity index (χ4v) is 5.69. The molecule has 11 heteroatoms. The van der Waals surface area contributed by atoms with Crippen molar-refractivity contribution in [3.8, 4) is 0 Å². The van der Waals surface area contributed by atoms with Crippen molar-refractivity contribution >= 4 is 45.4 Å². The van der Waals surface area contributed by atoms with E-state index in [1.165, 1.54) is 0 Å². The molecule has 0 radical (unpaired) electrons. The molecule has 0 aliphatic carbocycles. The molecule has 0 saturated carbocycles. The second-order valence-corrected chi connectivity index (χ2v) is 24.3. The third-order valence-corrected chi connectivity index (χ3v) is 8.86. The van der Waals surface area contributed by atoms with Crippen LogP contribution in [0.2, 0.25) is 45.3 Å². The van der Waals surface area contributed by atoms with E-state index in [0.29, 0.717) is 12.2 Å². The predicted octanol–water partition coefficient (Wildman–Crippen LogP) is 5.92. The van der Waals surface area contributed by atoms with E-state index < -0.39 is 45.5 Å². The minimum absolute atomic E-state index is 0.0336.